The summed E-state index contributed by atoms with van der Waals surface area (Å²) in [6, 6.07) is 1.80. The van der Waals surface area contributed by atoms with Gasteiger partial charge in [-0.3, -0.25) is 19.8 Å². The molecule has 7 nitrogen and oxygen atoms in total. The number of ether oxygens (including phenoxy) is 1. The molecule has 7 heteroatoms. The number of nitrogens with zero attached hydrogens (tertiary/aromatic N) is 3. The molecule has 0 bridgehead atoms. The number of carbonyl (C=O) groups excluding carboxylic acids is 1. The first kappa shape index (κ1) is 14.0. The molecule has 21 heavy (non-hydrogen) atoms. The standard InChI is InChI=1S/C14H19N5O2/c20-14(13-11-10-15-4-2-12(11)17-18-13)16-3-1-5-19-6-8-21-9-7-19/h2,4,10H,1,3,5-9H2,(H,16,20)(H,17,18). The van der Waals surface area contributed by atoms with Crippen molar-refractivity contribution in [3.8, 4) is 0 Å². The molecule has 2 aromatic heterocycles. The number of amides is 1. The van der Waals surface area contributed by atoms with E-state index in [0.29, 0.717) is 12.2 Å². The first-order valence-corrected chi connectivity index (χ1v) is 7.21. The van der Waals surface area contributed by atoms with Crippen LogP contribution in [0.2, 0.25) is 0 Å². The van der Waals surface area contributed by atoms with E-state index in [0.717, 1.165) is 50.2 Å². The van der Waals surface area contributed by atoms with E-state index in [9.17, 15) is 4.79 Å². The van der Waals surface area contributed by atoms with E-state index in [1.807, 2.05) is 0 Å². The first-order chi connectivity index (χ1) is 10.3. The summed E-state index contributed by atoms with van der Waals surface area (Å²) >= 11 is 0. The highest BCUT2D eigenvalue weighted by Crippen LogP contribution is 2.13. The third-order valence-electron chi connectivity index (χ3n) is 3.62. The summed E-state index contributed by atoms with van der Waals surface area (Å²) in [7, 11) is 0. The summed E-state index contributed by atoms with van der Waals surface area (Å²) in [6.45, 7) is 5.18. The maximum atomic E-state index is 12.1. The molecule has 0 unspecified atom stereocenters. The predicted molar refractivity (Wildman–Crippen MR) is 78.1 cm³/mol. The van der Waals surface area contributed by atoms with Crippen molar-refractivity contribution in [2.75, 3.05) is 39.4 Å². The Bertz CT molecular complexity index is 606. The highest BCUT2D eigenvalue weighted by molar-refractivity contribution is 6.04. The molecule has 1 fully saturated rings. The maximum Gasteiger partial charge on any atom is 0.272 e. The summed E-state index contributed by atoms with van der Waals surface area (Å²) in [4.78, 5) is 18.5. The fourth-order valence-electron chi connectivity index (χ4n) is 2.44. The molecule has 3 heterocycles. The number of carbonyl (C=O) groups is 1. The molecule has 0 aliphatic carbocycles. The summed E-state index contributed by atoms with van der Waals surface area (Å²) in [5.74, 6) is -0.156. The Morgan fingerprint density at radius 2 is 2.29 bits per heavy atom. The van der Waals surface area contributed by atoms with Gasteiger partial charge in [-0.25, -0.2) is 0 Å². The summed E-state index contributed by atoms with van der Waals surface area (Å²) in [6.07, 6.45) is 4.25. The van der Waals surface area contributed by atoms with Crippen LogP contribution in [-0.4, -0.2) is 65.4 Å². The van der Waals surface area contributed by atoms with Crippen molar-refractivity contribution < 1.29 is 9.53 Å². The Morgan fingerprint density at radius 3 is 3.14 bits per heavy atom. The number of pyridine rings is 1. The van der Waals surface area contributed by atoms with Crippen molar-refractivity contribution in [2.45, 2.75) is 6.42 Å². The van der Waals surface area contributed by atoms with Gasteiger partial charge >= 0.3 is 0 Å². The lowest BCUT2D eigenvalue weighted by atomic mass is 10.2. The van der Waals surface area contributed by atoms with Gasteiger partial charge in [-0.1, -0.05) is 0 Å². The second-order valence-electron chi connectivity index (χ2n) is 5.06. The average Bonchev–Trinajstić information content (AvgIpc) is 2.96. The number of aromatic nitrogens is 3. The third kappa shape index (κ3) is 3.37. The Hall–Kier alpha value is -1.99. The molecule has 0 radical (unpaired) electrons. The first-order valence-electron chi connectivity index (χ1n) is 7.21. The van der Waals surface area contributed by atoms with Crippen molar-refractivity contribution in [1.82, 2.24) is 25.4 Å². The molecule has 2 N–H and O–H groups in total. The molecular weight excluding hydrogens is 270 g/mol. The van der Waals surface area contributed by atoms with Gasteiger partial charge in [0.2, 0.25) is 0 Å². The van der Waals surface area contributed by atoms with E-state index in [2.05, 4.69) is 25.4 Å². The van der Waals surface area contributed by atoms with Crippen LogP contribution in [0.25, 0.3) is 10.9 Å². The normalized spacial score (nSPS) is 16.2. The minimum Gasteiger partial charge on any atom is -0.379 e. The summed E-state index contributed by atoms with van der Waals surface area (Å²) < 4.78 is 5.31. The molecule has 0 atom stereocenters. The Kier molecular flexibility index (Phi) is 4.42. The minimum atomic E-state index is -0.156. The highest BCUT2D eigenvalue weighted by Gasteiger charge is 2.14. The van der Waals surface area contributed by atoms with E-state index < -0.39 is 0 Å². The number of fused-ring (bicyclic) bond motifs is 1. The van der Waals surface area contributed by atoms with Crippen LogP contribution in [0.1, 0.15) is 16.9 Å². The van der Waals surface area contributed by atoms with Gasteiger partial charge in [0.15, 0.2) is 5.69 Å². The van der Waals surface area contributed by atoms with Crippen molar-refractivity contribution in [3.05, 3.63) is 24.2 Å². The average molecular weight is 289 g/mol. The maximum absolute atomic E-state index is 12.1. The van der Waals surface area contributed by atoms with Crippen LogP contribution in [0.15, 0.2) is 18.5 Å². The number of rotatable bonds is 5. The zero-order chi connectivity index (χ0) is 14.5. The molecule has 0 spiro atoms. The molecule has 0 aromatic carbocycles. The van der Waals surface area contributed by atoms with Crippen molar-refractivity contribution in [3.63, 3.8) is 0 Å². The van der Waals surface area contributed by atoms with Crippen molar-refractivity contribution in [1.29, 1.82) is 0 Å². The van der Waals surface area contributed by atoms with Crippen molar-refractivity contribution in [2.24, 2.45) is 0 Å². The van der Waals surface area contributed by atoms with Crippen LogP contribution in [-0.2, 0) is 4.74 Å². The van der Waals surface area contributed by atoms with Crippen LogP contribution in [0.3, 0.4) is 0 Å². The van der Waals surface area contributed by atoms with Gasteiger partial charge in [0, 0.05) is 32.0 Å². The molecule has 1 amide bonds. The van der Waals surface area contributed by atoms with Gasteiger partial charge in [-0.2, -0.15) is 5.10 Å². The quantitative estimate of drug-likeness (QED) is 0.779. The second kappa shape index (κ2) is 6.64. The monoisotopic (exact) mass is 289 g/mol. The molecule has 1 saturated heterocycles. The SMILES string of the molecule is O=C(NCCCN1CCOCC1)c1n[nH]c2ccncc12. The van der Waals surface area contributed by atoms with Crippen LogP contribution >= 0.6 is 0 Å². The van der Waals surface area contributed by atoms with Gasteiger partial charge in [-0.15, -0.1) is 0 Å². The van der Waals surface area contributed by atoms with E-state index in [1.54, 1.807) is 18.5 Å². The Labute approximate surface area is 122 Å². The second-order valence-corrected chi connectivity index (χ2v) is 5.06. The van der Waals surface area contributed by atoms with E-state index >= 15 is 0 Å². The lowest BCUT2D eigenvalue weighted by molar-refractivity contribution is 0.0374. The molecular formula is C14H19N5O2. The topological polar surface area (TPSA) is 83.1 Å². The molecule has 3 rings (SSSR count). The molecule has 2 aromatic rings. The third-order valence-corrected chi connectivity index (χ3v) is 3.62. The van der Waals surface area contributed by atoms with Gasteiger partial charge in [0.05, 0.1) is 24.1 Å². The van der Waals surface area contributed by atoms with Gasteiger partial charge in [-0.05, 0) is 19.0 Å². The number of H-pyrrole nitrogens is 1. The predicted octanol–water partition coefficient (Wildman–Crippen LogP) is 0.410. The smallest absolute Gasteiger partial charge is 0.272 e. The minimum absolute atomic E-state index is 0.156. The lowest BCUT2D eigenvalue weighted by Gasteiger charge is -2.26. The molecule has 1 aliphatic heterocycles. The Morgan fingerprint density at radius 1 is 1.43 bits per heavy atom. The summed E-state index contributed by atoms with van der Waals surface area (Å²) in [5.41, 5.74) is 1.23. The van der Waals surface area contributed by atoms with Gasteiger partial charge in [0.1, 0.15) is 0 Å². The molecule has 112 valence electrons. The van der Waals surface area contributed by atoms with Gasteiger partial charge < -0.3 is 10.1 Å². The number of aromatic amines is 1. The van der Waals surface area contributed by atoms with Crippen LogP contribution < -0.4 is 5.32 Å². The molecule has 1 aliphatic rings. The van der Waals surface area contributed by atoms with Crippen LogP contribution in [0, 0.1) is 0 Å². The number of nitrogens with one attached hydrogen (secondary N) is 2. The van der Waals surface area contributed by atoms with Crippen molar-refractivity contribution >= 4 is 16.8 Å². The molecule has 0 saturated carbocycles. The zero-order valence-corrected chi connectivity index (χ0v) is 11.8. The number of hydrogen-bond acceptors (Lipinski definition) is 5. The Balaban J connectivity index is 1.48. The van der Waals surface area contributed by atoms with E-state index in [-0.39, 0.29) is 5.91 Å². The largest absolute Gasteiger partial charge is 0.379 e. The van der Waals surface area contributed by atoms with Crippen LogP contribution in [0.5, 0.6) is 0 Å². The zero-order valence-electron chi connectivity index (χ0n) is 11.8. The highest BCUT2D eigenvalue weighted by atomic mass is 16.5. The fraction of sp³-hybridized carbons (Fsp3) is 0.500. The number of morpholine rings is 1. The van der Waals surface area contributed by atoms with Crippen LogP contribution in [0.4, 0.5) is 0 Å². The fourth-order valence-corrected chi connectivity index (χ4v) is 2.44. The van der Waals surface area contributed by atoms with E-state index in [4.69, 9.17) is 4.74 Å². The number of hydrogen-bond donors (Lipinski definition) is 2. The summed E-state index contributed by atoms with van der Waals surface area (Å²) in [5, 5.41) is 10.6. The lowest BCUT2D eigenvalue weighted by Crippen LogP contribution is -2.38. The van der Waals surface area contributed by atoms with E-state index in [1.165, 1.54) is 0 Å². The van der Waals surface area contributed by atoms with Gasteiger partial charge in [0.25, 0.3) is 5.91 Å².